The van der Waals surface area contributed by atoms with Crippen molar-refractivity contribution in [2.24, 2.45) is 0 Å². The van der Waals surface area contributed by atoms with Crippen molar-refractivity contribution in [2.75, 3.05) is 0 Å². The molecule has 0 amide bonds. The Morgan fingerprint density at radius 3 is 2.46 bits per heavy atom. The van der Waals surface area contributed by atoms with Crippen molar-refractivity contribution in [1.29, 1.82) is 0 Å². The van der Waals surface area contributed by atoms with Gasteiger partial charge in [-0.15, -0.1) is 0 Å². The van der Waals surface area contributed by atoms with E-state index in [0.29, 0.717) is 5.56 Å². The normalized spacial score (nSPS) is 12.3. The number of halogens is 3. The molecule has 3 heteroatoms. The van der Waals surface area contributed by atoms with Crippen LogP contribution in [-0.2, 0) is 0 Å². The second-order valence-corrected chi connectivity index (χ2v) is 2.79. The molecule has 0 spiro atoms. The van der Waals surface area contributed by atoms with Gasteiger partial charge in [0, 0.05) is 6.08 Å². The van der Waals surface area contributed by atoms with Gasteiger partial charge in [0.1, 0.15) is 0 Å². The van der Waals surface area contributed by atoms with E-state index in [1.54, 1.807) is 18.2 Å². The van der Waals surface area contributed by atoms with Crippen LogP contribution in [0.4, 0.5) is 13.2 Å². The van der Waals surface area contributed by atoms with E-state index in [4.69, 9.17) is 0 Å². The molecule has 0 aliphatic rings. The second-order valence-electron chi connectivity index (χ2n) is 2.79. The minimum Gasteiger partial charge on any atom is -0.167 e. The number of alkyl halides is 3. The average Bonchev–Trinajstić information content (AvgIpc) is 2.00. The molecule has 1 rings (SSSR count). The fourth-order valence-corrected chi connectivity index (χ4v) is 0.965. The first kappa shape index (κ1) is 9.84. The largest absolute Gasteiger partial charge is 0.409 e. The highest BCUT2D eigenvalue weighted by molar-refractivity contribution is 5.50. The zero-order valence-corrected chi connectivity index (χ0v) is 7.10. The smallest absolute Gasteiger partial charge is 0.167 e. The first-order valence-corrected chi connectivity index (χ1v) is 3.80. The number of rotatable bonds is 1. The molecular weight excluding hydrogens is 177 g/mol. The van der Waals surface area contributed by atoms with Crippen molar-refractivity contribution < 1.29 is 13.2 Å². The van der Waals surface area contributed by atoms with Crippen molar-refractivity contribution in [2.45, 2.75) is 13.1 Å². The van der Waals surface area contributed by atoms with Crippen LogP contribution >= 0.6 is 0 Å². The molecule has 0 bridgehead atoms. The lowest BCUT2D eigenvalue weighted by molar-refractivity contribution is -0.0790. The molecule has 70 valence electrons. The maximum Gasteiger partial charge on any atom is 0.409 e. The highest BCUT2D eigenvalue weighted by Gasteiger charge is 2.21. The van der Waals surface area contributed by atoms with Gasteiger partial charge in [0.15, 0.2) is 0 Å². The molecule has 0 heterocycles. The lowest BCUT2D eigenvalue weighted by Crippen LogP contribution is -2.00. The Kier molecular flexibility index (Phi) is 2.76. The molecule has 0 radical (unpaired) electrons. The molecule has 0 unspecified atom stereocenters. The average molecular weight is 186 g/mol. The van der Waals surface area contributed by atoms with E-state index >= 15 is 0 Å². The number of allylic oxidation sites excluding steroid dienone is 1. The van der Waals surface area contributed by atoms with Crippen molar-refractivity contribution >= 4 is 6.08 Å². The highest BCUT2D eigenvalue weighted by Crippen LogP contribution is 2.18. The van der Waals surface area contributed by atoms with Crippen LogP contribution in [0.25, 0.3) is 6.08 Å². The molecule has 0 N–H and O–H groups in total. The number of benzene rings is 1. The van der Waals surface area contributed by atoms with E-state index in [-0.39, 0.29) is 6.08 Å². The van der Waals surface area contributed by atoms with E-state index in [0.717, 1.165) is 11.6 Å². The van der Waals surface area contributed by atoms with Gasteiger partial charge in [-0.1, -0.05) is 35.9 Å². The van der Waals surface area contributed by atoms with Gasteiger partial charge in [0.25, 0.3) is 0 Å². The molecule has 0 saturated heterocycles. The van der Waals surface area contributed by atoms with Gasteiger partial charge in [-0.2, -0.15) is 13.2 Å². The summed E-state index contributed by atoms with van der Waals surface area (Å²) in [7, 11) is 0. The van der Waals surface area contributed by atoms with Crippen LogP contribution < -0.4 is 0 Å². The number of hydrogen-bond acceptors (Lipinski definition) is 0. The molecule has 1 aromatic carbocycles. The molecule has 0 nitrogen and oxygen atoms in total. The van der Waals surface area contributed by atoms with Crippen LogP contribution in [-0.4, -0.2) is 6.18 Å². The molecule has 0 fully saturated rings. The van der Waals surface area contributed by atoms with Crippen molar-refractivity contribution in [1.82, 2.24) is 0 Å². The van der Waals surface area contributed by atoms with Gasteiger partial charge in [-0.05, 0) is 12.5 Å². The standard InChI is InChI=1S/C10H9F3/c1-8-3-2-4-9(7-8)5-6-10(11,12)13/h2-7H,1H3/b6-5-. The maximum absolute atomic E-state index is 11.8. The lowest BCUT2D eigenvalue weighted by atomic mass is 10.1. The maximum atomic E-state index is 11.8. The predicted octanol–water partition coefficient (Wildman–Crippen LogP) is 3.57. The minimum atomic E-state index is -4.23. The van der Waals surface area contributed by atoms with Crippen LogP contribution in [0.15, 0.2) is 30.3 Å². The SMILES string of the molecule is Cc1cccc(/C=C\C(F)(F)F)c1. The summed E-state index contributed by atoms with van der Waals surface area (Å²) in [6.07, 6.45) is -2.93. The summed E-state index contributed by atoms with van der Waals surface area (Å²) in [4.78, 5) is 0. The summed E-state index contributed by atoms with van der Waals surface area (Å²) in [6, 6.07) is 6.90. The molecular formula is C10H9F3. The van der Waals surface area contributed by atoms with Crippen LogP contribution in [0.2, 0.25) is 0 Å². The van der Waals surface area contributed by atoms with E-state index in [1.165, 1.54) is 0 Å². The summed E-state index contributed by atoms with van der Waals surface area (Å²) >= 11 is 0. The van der Waals surface area contributed by atoms with Gasteiger partial charge >= 0.3 is 6.18 Å². The van der Waals surface area contributed by atoms with E-state index in [2.05, 4.69) is 0 Å². The van der Waals surface area contributed by atoms with Gasteiger partial charge < -0.3 is 0 Å². The predicted molar refractivity (Wildman–Crippen MR) is 46.3 cm³/mol. The van der Waals surface area contributed by atoms with Crippen molar-refractivity contribution in [3.8, 4) is 0 Å². The van der Waals surface area contributed by atoms with Gasteiger partial charge in [0.05, 0.1) is 0 Å². The summed E-state index contributed by atoms with van der Waals surface area (Å²) in [5.74, 6) is 0. The third kappa shape index (κ3) is 3.78. The van der Waals surface area contributed by atoms with Crippen LogP contribution in [0, 0.1) is 6.92 Å². The van der Waals surface area contributed by atoms with Crippen molar-refractivity contribution in [3.63, 3.8) is 0 Å². The van der Waals surface area contributed by atoms with Crippen molar-refractivity contribution in [3.05, 3.63) is 41.5 Å². The molecule has 0 atom stereocenters. The Morgan fingerprint density at radius 2 is 1.92 bits per heavy atom. The third-order valence-electron chi connectivity index (χ3n) is 1.51. The Bertz CT molecular complexity index is 310. The van der Waals surface area contributed by atoms with Crippen LogP contribution in [0.3, 0.4) is 0 Å². The lowest BCUT2D eigenvalue weighted by Gasteiger charge is -1.98. The Morgan fingerprint density at radius 1 is 1.23 bits per heavy atom. The first-order chi connectivity index (χ1) is 5.97. The topological polar surface area (TPSA) is 0 Å². The monoisotopic (exact) mass is 186 g/mol. The Hall–Kier alpha value is -1.25. The fourth-order valence-electron chi connectivity index (χ4n) is 0.965. The van der Waals surface area contributed by atoms with Gasteiger partial charge in [0.2, 0.25) is 0 Å². The zero-order chi connectivity index (χ0) is 9.90. The van der Waals surface area contributed by atoms with E-state index < -0.39 is 6.18 Å². The van der Waals surface area contributed by atoms with E-state index in [9.17, 15) is 13.2 Å². The Balaban J connectivity index is 2.80. The quantitative estimate of drug-likeness (QED) is 0.628. The van der Waals surface area contributed by atoms with Crippen LogP contribution in [0.5, 0.6) is 0 Å². The molecule has 0 aromatic heterocycles. The number of aryl methyl sites for hydroxylation is 1. The number of hydrogen-bond donors (Lipinski definition) is 0. The molecule has 1 aromatic rings. The molecule has 13 heavy (non-hydrogen) atoms. The third-order valence-corrected chi connectivity index (χ3v) is 1.51. The van der Waals surface area contributed by atoms with Gasteiger partial charge in [-0.3, -0.25) is 0 Å². The molecule has 0 aliphatic heterocycles. The summed E-state index contributed by atoms with van der Waals surface area (Å²) in [6.45, 7) is 1.84. The Labute approximate surface area is 74.7 Å². The summed E-state index contributed by atoms with van der Waals surface area (Å²) in [5, 5.41) is 0. The second kappa shape index (κ2) is 3.64. The molecule has 0 aliphatic carbocycles. The van der Waals surface area contributed by atoms with E-state index in [1.807, 2.05) is 13.0 Å². The zero-order valence-electron chi connectivity index (χ0n) is 7.10. The fraction of sp³-hybridized carbons (Fsp3) is 0.200. The van der Waals surface area contributed by atoms with Crippen LogP contribution in [0.1, 0.15) is 11.1 Å². The van der Waals surface area contributed by atoms with Gasteiger partial charge in [-0.25, -0.2) is 0 Å². The summed E-state index contributed by atoms with van der Waals surface area (Å²) in [5.41, 5.74) is 1.52. The highest BCUT2D eigenvalue weighted by atomic mass is 19.4. The first-order valence-electron chi connectivity index (χ1n) is 3.80. The minimum absolute atomic E-state index is 0.238. The molecule has 0 saturated carbocycles. The summed E-state index contributed by atoms with van der Waals surface area (Å²) < 4.78 is 35.3.